The lowest BCUT2D eigenvalue weighted by atomic mass is 9.89. The molecule has 1 aliphatic rings. The van der Waals surface area contributed by atoms with Crippen LogP contribution in [0.2, 0.25) is 0 Å². The van der Waals surface area contributed by atoms with Gasteiger partial charge in [-0.2, -0.15) is 0 Å². The predicted octanol–water partition coefficient (Wildman–Crippen LogP) is 4.85. The molecule has 6 heteroatoms. The lowest BCUT2D eigenvalue weighted by Gasteiger charge is -2.25. The molecule has 3 rings (SSSR count). The van der Waals surface area contributed by atoms with Crippen LogP contribution in [0.3, 0.4) is 0 Å². The molecule has 1 heterocycles. The van der Waals surface area contributed by atoms with Crippen LogP contribution in [0, 0.1) is 11.8 Å². The zero-order chi connectivity index (χ0) is 19.4. The second-order valence-electron chi connectivity index (χ2n) is 7.33. The van der Waals surface area contributed by atoms with Gasteiger partial charge in [0.05, 0.1) is 6.61 Å². The van der Waals surface area contributed by atoms with Crippen LogP contribution in [0.25, 0.3) is 11.1 Å². The topological polar surface area (TPSA) is 66.3 Å². The maximum absolute atomic E-state index is 10.5. The molecule has 6 nitrogen and oxygen atoms in total. The first-order valence-corrected chi connectivity index (χ1v) is 9.02. The molecule has 0 bridgehead atoms. The Balaban J connectivity index is 2.04. The minimum absolute atomic E-state index is 0.383. The van der Waals surface area contributed by atoms with E-state index in [0.717, 1.165) is 46.6 Å². The van der Waals surface area contributed by atoms with Crippen LogP contribution in [0.1, 0.15) is 31.4 Å². The van der Waals surface area contributed by atoms with E-state index in [1.807, 2.05) is 12.1 Å². The summed E-state index contributed by atoms with van der Waals surface area (Å²) < 4.78 is 17.2. The highest BCUT2D eigenvalue weighted by atomic mass is 16.7. The quantitative estimate of drug-likeness (QED) is 0.395. The number of rotatable bonds is 7. The summed E-state index contributed by atoms with van der Waals surface area (Å²) in [4.78, 5) is 15.3. The summed E-state index contributed by atoms with van der Waals surface area (Å²) in [6.45, 7) is 7.45. The van der Waals surface area contributed by atoms with Crippen molar-refractivity contribution in [3.63, 3.8) is 0 Å². The molecule has 0 unspecified atom stereocenters. The number of aryl methyl sites for hydroxylation is 1. The van der Waals surface area contributed by atoms with Gasteiger partial charge in [-0.25, -0.2) is 0 Å². The molecular weight excluding hydrogens is 346 g/mol. The number of hydrogen-bond donors (Lipinski definition) is 0. The lowest BCUT2D eigenvalue weighted by molar-refractivity contribution is 0.113. The van der Waals surface area contributed by atoms with Gasteiger partial charge in [0.25, 0.3) is 0 Å². The predicted molar refractivity (Wildman–Crippen MR) is 103 cm³/mol. The first-order valence-electron chi connectivity index (χ1n) is 9.02. The summed E-state index contributed by atoms with van der Waals surface area (Å²) in [5, 5.41) is 2.53. The van der Waals surface area contributed by atoms with Crippen LogP contribution >= 0.6 is 0 Å². The Labute approximate surface area is 159 Å². The van der Waals surface area contributed by atoms with Crippen molar-refractivity contribution in [2.45, 2.75) is 39.2 Å². The SMILES string of the molecule is COCCCOc1cc(C)c2c(c1)CC(C)(C)Oc1ccc(ON=O)cc1-2. The Morgan fingerprint density at radius 3 is 2.70 bits per heavy atom. The van der Waals surface area contributed by atoms with Gasteiger partial charge in [0.2, 0.25) is 0 Å². The fourth-order valence-corrected chi connectivity index (χ4v) is 3.51. The molecule has 0 atom stereocenters. The number of fused-ring (bicyclic) bond motifs is 3. The van der Waals surface area contributed by atoms with E-state index in [-0.39, 0.29) is 5.60 Å². The lowest BCUT2D eigenvalue weighted by Crippen LogP contribution is -2.30. The van der Waals surface area contributed by atoms with Gasteiger partial charge >= 0.3 is 0 Å². The van der Waals surface area contributed by atoms with E-state index in [1.54, 1.807) is 19.2 Å². The van der Waals surface area contributed by atoms with Crippen LogP contribution in [0.15, 0.2) is 35.7 Å². The normalized spacial score (nSPS) is 14.4. The molecule has 0 saturated heterocycles. The minimum Gasteiger partial charge on any atom is -0.493 e. The van der Waals surface area contributed by atoms with Crippen LogP contribution in [-0.2, 0) is 11.2 Å². The molecule has 0 aliphatic carbocycles. The molecule has 0 spiro atoms. The van der Waals surface area contributed by atoms with Crippen molar-refractivity contribution in [3.05, 3.63) is 46.4 Å². The van der Waals surface area contributed by atoms with Gasteiger partial charge in [0.15, 0.2) is 11.1 Å². The van der Waals surface area contributed by atoms with Gasteiger partial charge in [-0.05, 0) is 67.8 Å². The second kappa shape index (κ2) is 7.96. The van der Waals surface area contributed by atoms with Crippen LogP contribution < -0.4 is 14.3 Å². The molecule has 2 aromatic rings. The monoisotopic (exact) mass is 371 g/mol. The highest BCUT2D eigenvalue weighted by molar-refractivity contribution is 5.79. The van der Waals surface area contributed by atoms with Gasteiger partial charge in [0, 0.05) is 32.1 Å². The Morgan fingerprint density at radius 1 is 1.15 bits per heavy atom. The molecular formula is C21H25NO5. The van der Waals surface area contributed by atoms with Crippen molar-refractivity contribution < 1.29 is 19.0 Å². The van der Waals surface area contributed by atoms with Crippen molar-refractivity contribution in [1.29, 1.82) is 0 Å². The largest absolute Gasteiger partial charge is 0.493 e. The van der Waals surface area contributed by atoms with Crippen molar-refractivity contribution in [1.82, 2.24) is 0 Å². The molecule has 0 fully saturated rings. The molecule has 1 aliphatic heterocycles. The fourth-order valence-electron chi connectivity index (χ4n) is 3.51. The van der Waals surface area contributed by atoms with Crippen molar-refractivity contribution in [2.75, 3.05) is 20.3 Å². The zero-order valence-corrected chi connectivity index (χ0v) is 16.2. The summed E-state index contributed by atoms with van der Waals surface area (Å²) in [5.41, 5.74) is 3.80. The molecule has 0 radical (unpaired) electrons. The maximum atomic E-state index is 10.5. The summed E-state index contributed by atoms with van der Waals surface area (Å²) in [6, 6.07) is 9.40. The molecule has 0 N–H and O–H groups in total. The fraction of sp³-hybridized carbons (Fsp3) is 0.429. The Bertz CT molecular complexity index is 832. The maximum Gasteiger partial charge on any atom is 0.162 e. The average Bonchev–Trinajstić information content (AvgIpc) is 2.71. The van der Waals surface area contributed by atoms with E-state index in [1.165, 1.54) is 0 Å². The Kier molecular flexibility index (Phi) is 5.65. The molecule has 144 valence electrons. The van der Waals surface area contributed by atoms with E-state index in [2.05, 4.69) is 32.2 Å². The van der Waals surface area contributed by atoms with Crippen molar-refractivity contribution in [2.24, 2.45) is 5.34 Å². The van der Waals surface area contributed by atoms with Gasteiger partial charge in [-0.15, -0.1) is 4.91 Å². The number of benzene rings is 2. The average molecular weight is 371 g/mol. The molecule has 2 aromatic carbocycles. The summed E-state index contributed by atoms with van der Waals surface area (Å²) in [7, 11) is 1.68. The van der Waals surface area contributed by atoms with E-state index >= 15 is 0 Å². The number of hydrogen-bond acceptors (Lipinski definition) is 6. The summed E-state index contributed by atoms with van der Waals surface area (Å²) in [5.74, 6) is 1.98. The highest BCUT2D eigenvalue weighted by Crippen LogP contribution is 2.44. The molecule has 27 heavy (non-hydrogen) atoms. The van der Waals surface area contributed by atoms with Crippen molar-refractivity contribution in [3.8, 4) is 28.4 Å². The summed E-state index contributed by atoms with van der Waals surface area (Å²) in [6.07, 6.45) is 1.57. The Morgan fingerprint density at radius 2 is 1.96 bits per heavy atom. The third-order valence-electron chi connectivity index (χ3n) is 4.52. The molecule has 0 amide bonds. The third kappa shape index (κ3) is 4.39. The van der Waals surface area contributed by atoms with E-state index in [0.29, 0.717) is 19.0 Å². The third-order valence-corrected chi connectivity index (χ3v) is 4.52. The van der Waals surface area contributed by atoms with Gasteiger partial charge in [0.1, 0.15) is 17.1 Å². The molecule has 0 saturated carbocycles. The van der Waals surface area contributed by atoms with Gasteiger partial charge < -0.3 is 19.0 Å². The van der Waals surface area contributed by atoms with Gasteiger partial charge in [-0.1, -0.05) is 0 Å². The summed E-state index contributed by atoms with van der Waals surface area (Å²) >= 11 is 0. The minimum atomic E-state index is -0.383. The van der Waals surface area contributed by atoms with E-state index in [9.17, 15) is 4.91 Å². The smallest absolute Gasteiger partial charge is 0.162 e. The van der Waals surface area contributed by atoms with Crippen molar-refractivity contribution >= 4 is 0 Å². The Hall–Kier alpha value is -2.60. The highest BCUT2D eigenvalue weighted by Gasteiger charge is 2.30. The molecule has 0 aromatic heterocycles. The number of ether oxygens (including phenoxy) is 3. The number of nitrogens with zero attached hydrogens (tertiary/aromatic N) is 1. The zero-order valence-electron chi connectivity index (χ0n) is 16.2. The van der Waals surface area contributed by atoms with Crippen LogP contribution in [-0.4, -0.2) is 25.9 Å². The number of methoxy groups -OCH3 is 1. The first kappa shape index (κ1) is 19.2. The van der Waals surface area contributed by atoms with E-state index < -0.39 is 0 Å². The standard InChI is InChI=1S/C21H25NO5/c1-14-10-17(25-9-5-8-24-4)11-15-13-21(2,3)26-19-7-6-16(27-22-23)12-18(19)20(14)15/h6-7,10-12H,5,8-9,13H2,1-4H3. The van der Waals surface area contributed by atoms with Gasteiger partial charge in [-0.3, -0.25) is 0 Å². The second-order valence-corrected chi connectivity index (χ2v) is 7.33. The first-order chi connectivity index (χ1) is 12.9. The van der Waals surface area contributed by atoms with Crippen LogP contribution in [0.4, 0.5) is 0 Å². The van der Waals surface area contributed by atoms with E-state index in [4.69, 9.17) is 19.0 Å². The van der Waals surface area contributed by atoms with Crippen LogP contribution in [0.5, 0.6) is 17.2 Å².